The number of amides is 1. The molecule has 0 unspecified atom stereocenters. The van der Waals surface area contributed by atoms with Gasteiger partial charge in [0.25, 0.3) is 5.91 Å². The molecule has 2 N–H and O–H groups in total. The first kappa shape index (κ1) is 18.4. The molecule has 26 heavy (non-hydrogen) atoms. The molecule has 0 atom stereocenters. The van der Waals surface area contributed by atoms with Crippen molar-refractivity contribution in [2.75, 3.05) is 11.9 Å². The summed E-state index contributed by atoms with van der Waals surface area (Å²) >= 11 is 0. The first-order valence-electron chi connectivity index (χ1n) is 9.65. The molecule has 2 aromatic rings. The van der Waals surface area contributed by atoms with Crippen LogP contribution in [0.3, 0.4) is 0 Å². The molecule has 0 radical (unpaired) electrons. The summed E-state index contributed by atoms with van der Waals surface area (Å²) in [5.41, 5.74) is 2.51. The highest BCUT2D eigenvalue weighted by Crippen LogP contribution is 2.17. The molecule has 0 saturated heterocycles. The van der Waals surface area contributed by atoms with E-state index >= 15 is 0 Å². The molecule has 1 aliphatic rings. The minimum Gasteiger partial charge on any atom is -0.354 e. The van der Waals surface area contributed by atoms with Gasteiger partial charge in [-0.15, -0.1) is 0 Å². The molecule has 1 saturated carbocycles. The number of rotatable bonds is 6. The maximum absolute atomic E-state index is 12.6. The minimum atomic E-state index is -0.0893. The van der Waals surface area contributed by atoms with E-state index in [0.717, 1.165) is 31.5 Å². The summed E-state index contributed by atoms with van der Waals surface area (Å²) < 4.78 is 0. The third-order valence-corrected chi connectivity index (χ3v) is 4.82. The third kappa shape index (κ3) is 5.55. The Kier molecular flexibility index (Phi) is 6.58. The lowest BCUT2D eigenvalue weighted by atomic mass is 10.1. The first-order valence-corrected chi connectivity index (χ1v) is 9.65. The van der Waals surface area contributed by atoms with Gasteiger partial charge in [0.1, 0.15) is 5.69 Å². The van der Waals surface area contributed by atoms with Gasteiger partial charge in [-0.1, -0.05) is 56.0 Å². The Balaban J connectivity index is 1.58. The van der Waals surface area contributed by atoms with Gasteiger partial charge in [0.15, 0.2) is 0 Å². The van der Waals surface area contributed by atoms with E-state index < -0.39 is 0 Å². The van der Waals surface area contributed by atoms with Crippen molar-refractivity contribution in [3.63, 3.8) is 0 Å². The van der Waals surface area contributed by atoms with Gasteiger partial charge in [-0.2, -0.15) is 0 Å². The molecule has 0 aliphatic heterocycles. The lowest BCUT2D eigenvalue weighted by Gasteiger charge is -2.16. The van der Waals surface area contributed by atoms with Crippen molar-refractivity contribution in [2.45, 2.75) is 57.9 Å². The number of carbonyl (C=O) groups excluding carboxylic acids is 1. The summed E-state index contributed by atoms with van der Waals surface area (Å²) in [7, 11) is 0. The van der Waals surface area contributed by atoms with E-state index in [0.29, 0.717) is 11.6 Å². The number of aromatic nitrogens is 2. The van der Waals surface area contributed by atoms with Crippen LogP contribution in [0, 0.1) is 6.92 Å². The molecular weight excluding hydrogens is 324 g/mol. The van der Waals surface area contributed by atoms with Crippen LogP contribution in [0.5, 0.6) is 0 Å². The lowest BCUT2D eigenvalue weighted by molar-refractivity contribution is 0.0928. The molecule has 1 heterocycles. The van der Waals surface area contributed by atoms with Crippen molar-refractivity contribution in [1.29, 1.82) is 0 Å². The fourth-order valence-electron chi connectivity index (χ4n) is 3.41. The number of hydrogen-bond donors (Lipinski definition) is 2. The maximum atomic E-state index is 12.6. The molecule has 1 aromatic carbocycles. The Bertz CT molecular complexity index is 709. The highest BCUT2D eigenvalue weighted by atomic mass is 16.1. The van der Waals surface area contributed by atoms with Gasteiger partial charge < -0.3 is 10.6 Å². The predicted molar refractivity (Wildman–Crippen MR) is 104 cm³/mol. The van der Waals surface area contributed by atoms with Gasteiger partial charge in [0.2, 0.25) is 5.95 Å². The summed E-state index contributed by atoms with van der Waals surface area (Å²) in [6, 6.07) is 12.3. The van der Waals surface area contributed by atoms with Crippen molar-refractivity contribution in [1.82, 2.24) is 15.3 Å². The monoisotopic (exact) mass is 352 g/mol. The second kappa shape index (κ2) is 9.32. The fourth-order valence-corrected chi connectivity index (χ4v) is 3.41. The van der Waals surface area contributed by atoms with E-state index in [1.165, 1.54) is 31.2 Å². The smallest absolute Gasteiger partial charge is 0.270 e. The molecule has 0 spiro atoms. The Morgan fingerprint density at radius 2 is 1.81 bits per heavy atom. The fraction of sp³-hybridized carbons (Fsp3) is 0.476. The average Bonchev–Trinajstić information content (AvgIpc) is 2.91. The van der Waals surface area contributed by atoms with Crippen LogP contribution in [-0.2, 0) is 6.42 Å². The largest absolute Gasteiger partial charge is 0.354 e. The van der Waals surface area contributed by atoms with Crippen molar-refractivity contribution in [2.24, 2.45) is 0 Å². The zero-order chi connectivity index (χ0) is 18.2. The molecular formula is C21H28N4O. The number of hydrogen-bond acceptors (Lipinski definition) is 4. The van der Waals surface area contributed by atoms with E-state index in [9.17, 15) is 4.79 Å². The highest BCUT2D eigenvalue weighted by molar-refractivity contribution is 5.92. The van der Waals surface area contributed by atoms with Crippen molar-refractivity contribution in [3.8, 4) is 0 Å². The molecule has 1 aliphatic carbocycles. The lowest BCUT2D eigenvalue weighted by Crippen LogP contribution is -2.35. The van der Waals surface area contributed by atoms with Crippen LogP contribution in [0.15, 0.2) is 36.4 Å². The average molecular weight is 352 g/mol. The maximum Gasteiger partial charge on any atom is 0.270 e. The number of aryl methyl sites for hydroxylation is 1. The van der Waals surface area contributed by atoms with Crippen LogP contribution in [0.25, 0.3) is 0 Å². The molecule has 5 nitrogen and oxygen atoms in total. The van der Waals surface area contributed by atoms with E-state index in [1.54, 1.807) is 6.07 Å². The molecule has 138 valence electrons. The standard InChI is InChI=1S/C21H28N4O/c1-16-15-19(20(26)24-18-11-7-2-3-8-12-18)25-21(23-16)22-14-13-17-9-5-4-6-10-17/h4-6,9-10,15,18H,2-3,7-8,11-14H2,1H3,(H,24,26)(H,22,23,25). The van der Waals surface area contributed by atoms with E-state index in [4.69, 9.17) is 0 Å². The number of nitrogens with one attached hydrogen (secondary N) is 2. The van der Waals surface area contributed by atoms with Crippen LogP contribution < -0.4 is 10.6 Å². The zero-order valence-electron chi connectivity index (χ0n) is 15.5. The third-order valence-electron chi connectivity index (χ3n) is 4.82. The zero-order valence-corrected chi connectivity index (χ0v) is 15.5. The molecule has 0 bridgehead atoms. The summed E-state index contributed by atoms with van der Waals surface area (Å²) in [5.74, 6) is 0.431. The quantitative estimate of drug-likeness (QED) is 0.774. The number of carbonyl (C=O) groups is 1. The van der Waals surface area contributed by atoms with E-state index in [-0.39, 0.29) is 11.9 Å². The SMILES string of the molecule is Cc1cc(C(=O)NC2CCCCCC2)nc(NCCc2ccccc2)n1. The summed E-state index contributed by atoms with van der Waals surface area (Å²) in [6.45, 7) is 2.63. The first-order chi connectivity index (χ1) is 12.7. The van der Waals surface area contributed by atoms with Crippen LogP contribution in [0.2, 0.25) is 0 Å². The van der Waals surface area contributed by atoms with Gasteiger partial charge >= 0.3 is 0 Å². The van der Waals surface area contributed by atoms with Gasteiger partial charge in [0.05, 0.1) is 0 Å². The number of anilines is 1. The van der Waals surface area contributed by atoms with Gasteiger partial charge in [-0.25, -0.2) is 9.97 Å². The van der Waals surface area contributed by atoms with Crippen molar-refractivity contribution >= 4 is 11.9 Å². The van der Waals surface area contributed by atoms with E-state index in [2.05, 4.69) is 32.7 Å². The highest BCUT2D eigenvalue weighted by Gasteiger charge is 2.17. The molecule has 1 fully saturated rings. The molecule has 1 aromatic heterocycles. The minimum absolute atomic E-state index is 0.0893. The second-order valence-electron chi connectivity index (χ2n) is 7.04. The Morgan fingerprint density at radius 1 is 1.08 bits per heavy atom. The topological polar surface area (TPSA) is 66.9 Å². The van der Waals surface area contributed by atoms with Crippen LogP contribution in [0.1, 0.15) is 60.3 Å². The van der Waals surface area contributed by atoms with Gasteiger partial charge in [-0.3, -0.25) is 4.79 Å². The molecule has 5 heteroatoms. The van der Waals surface area contributed by atoms with Gasteiger partial charge in [-0.05, 0) is 37.8 Å². The van der Waals surface area contributed by atoms with Crippen molar-refractivity contribution < 1.29 is 4.79 Å². The van der Waals surface area contributed by atoms with Crippen LogP contribution >= 0.6 is 0 Å². The van der Waals surface area contributed by atoms with E-state index in [1.807, 2.05) is 25.1 Å². The van der Waals surface area contributed by atoms with Crippen LogP contribution in [0.4, 0.5) is 5.95 Å². The summed E-state index contributed by atoms with van der Waals surface area (Å²) in [5, 5.41) is 6.40. The van der Waals surface area contributed by atoms with Crippen molar-refractivity contribution in [3.05, 3.63) is 53.3 Å². The molecule has 1 amide bonds. The Hall–Kier alpha value is -2.43. The van der Waals surface area contributed by atoms with Gasteiger partial charge in [0, 0.05) is 18.3 Å². The Morgan fingerprint density at radius 3 is 2.54 bits per heavy atom. The number of benzene rings is 1. The second-order valence-corrected chi connectivity index (χ2v) is 7.04. The normalized spacial score (nSPS) is 15.3. The summed E-state index contributed by atoms with van der Waals surface area (Å²) in [4.78, 5) is 21.4. The molecule has 3 rings (SSSR count). The predicted octanol–water partition coefficient (Wildman–Crippen LogP) is 3.89. The Labute approximate surface area is 155 Å². The van der Waals surface area contributed by atoms with Crippen LogP contribution in [-0.4, -0.2) is 28.5 Å². The number of nitrogens with zero attached hydrogens (tertiary/aromatic N) is 2. The summed E-state index contributed by atoms with van der Waals surface area (Å²) in [6.07, 6.45) is 7.96.